The summed E-state index contributed by atoms with van der Waals surface area (Å²) in [7, 11) is 0. The molecule has 0 fully saturated rings. The Labute approximate surface area is 89.0 Å². The summed E-state index contributed by atoms with van der Waals surface area (Å²) in [6.45, 7) is 5.24. The van der Waals surface area contributed by atoms with E-state index in [4.69, 9.17) is 5.26 Å². The van der Waals surface area contributed by atoms with Crippen molar-refractivity contribution in [3.05, 3.63) is 48.0 Å². The Hall–Kier alpha value is -2.08. The summed E-state index contributed by atoms with van der Waals surface area (Å²) in [5, 5.41) is 11.4. The molecule has 15 heavy (non-hydrogen) atoms. The van der Waals surface area contributed by atoms with Gasteiger partial charge < -0.3 is 5.32 Å². The summed E-state index contributed by atoms with van der Waals surface area (Å²) >= 11 is 0. The molecule has 1 N–H and O–H groups in total. The van der Waals surface area contributed by atoms with Gasteiger partial charge in [0.05, 0.1) is 17.7 Å². The van der Waals surface area contributed by atoms with E-state index in [0.717, 1.165) is 5.56 Å². The Bertz CT molecular complexity index is 418. The summed E-state index contributed by atoms with van der Waals surface area (Å²) in [5.41, 5.74) is 1.50. The number of carbonyl (C=O) groups is 1. The third-order valence-corrected chi connectivity index (χ3v) is 2.06. The van der Waals surface area contributed by atoms with Crippen molar-refractivity contribution in [2.45, 2.75) is 13.0 Å². The number of nitrogens with zero attached hydrogens (tertiary/aromatic N) is 1. The maximum absolute atomic E-state index is 11.1. The summed E-state index contributed by atoms with van der Waals surface area (Å²) in [5.74, 6) is -0.218. The molecule has 3 nitrogen and oxygen atoms in total. The number of amides is 1. The highest BCUT2D eigenvalue weighted by atomic mass is 16.1. The molecule has 0 aliphatic carbocycles. The Morgan fingerprint density at radius 3 is 3.00 bits per heavy atom. The molecule has 76 valence electrons. The monoisotopic (exact) mass is 200 g/mol. The van der Waals surface area contributed by atoms with Crippen molar-refractivity contribution in [1.29, 1.82) is 5.26 Å². The minimum absolute atomic E-state index is 0.121. The zero-order chi connectivity index (χ0) is 11.3. The van der Waals surface area contributed by atoms with Crippen molar-refractivity contribution in [1.82, 2.24) is 5.32 Å². The molecule has 1 rings (SSSR count). The third kappa shape index (κ3) is 2.96. The zero-order valence-electron chi connectivity index (χ0n) is 8.53. The van der Waals surface area contributed by atoms with Crippen LogP contribution >= 0.6 is 0 Å². The van der Waals surface area contributed by atoms with Gasteiger partial charge in [0, 0.05) is 0 Å². The molecule has 0 saturated carbocycles. The van der Waals surface area contributed by atoms with Gasteiger partial charge >= 0.3 is 0 Å². The number of hydrogen-bond acceptors (Lipinski definition) is 2. The van der Waals surface area contributed by atoms with Crippen LogP contribution in [0, 0.1) is 11.3 Å². The van der Waals surface area contributed by atoms with E-state index in [9.17, 15) is 4.79 Å². The summed E-state index contributed by atoms with van der Waals surface area (Å²) in [4.78, 5) is 11.1. The highest BCUT2D eigenvalue weighted by Crippen LogP contribution is 2.13. The SMILES string of the molecule is C=CC(=O)N[C@H](C)c1cccc(C#N)c1. The van der Waals surface area contributed by atoms with E-state index >= 15 is 0 Å². The second-order valence-corrected chi connectivity index (χ2v) is 3.17. The number of benzene rings is 1. The molecule has 0 spiro atoms. The van der Waals surface area contributed by atoms with E-state index in [1.54, 1.807) is 18.2 Å². The van der Waals surface area contributed by atoms with E-state index in [1.165, 1.54) is 6.08 Å². The van der Waals surface area contributed by atoms with Crippen LogP contribution in [0.2, 0.25) is 0 Å². The first-order chi connectivity index (χ1) is 7.17. The molecular formula is C12H12N2O. The van der Waals surface area contributed by atoms with Crippen LogP contribution in [0.1, 0.15) is 24.1 Å². The molecule has 1 amide bonds. The van der Waals surface area contributed by atoms with Gasteiger partial charge in [-0.05, 0) is 30.7 Å². The molecule has 0 aromatic heterocycles. The maximum atomic E-state index is 11.1. The lowest BCUT2D eigenvalue weighted by Gasteiger charge is -2.12. The molecular weight excluding hydrogens is 188 g/mol. The summed E-state index contributed by atoms with van der Waals surface area (Å²) < 4.78 is 0. The standard InChI is InChI=1S/C12H12N2O/c1-3-12(15)14-9(2)11-6-4-5-10(7-11)8-13/h3-7,9H,1H2,2H3,(H,14,15)/t9-/m1/s1. The predicted molar refractivity (Wildman–Crippen MR) is 57.9 cm³/mol. The van der Waals surface area contributed by atoms with Gasteiger partial charge in [-0.3, -0.25) is 4.79 Å². The Morgan fingerprint density at radius 1 is 1.67 bits per heavy atom. The van der Waals surface area contributed by atoms with Crippen molar-refractivity contribution in [2.24, 2.45) is 0 Å². The van der Waals surface area contributed by atoms with Gasteiger partial charge in [0.2, 0.25) is 5.91 Å². The average Bonchev–Trinajstić information content (AvgIpc) is 2.28. The van der Waals surface area contributed by atoms with Crippen molar-refractivity contribution in [3.8, 4) is 6.07 Å². The van der Waals surface area contributed by atoms with Gasteiger partial charge in [-0.15, -0.1) is 0 Å². The molecule has 0 unspecified atom stereocenters. The van der Waals surface area contributed by atoms with Crippen LogP contribution in [0.3, 0.4) is 0 Å². The number of carbonyl (C=O) groups excluding carboxylic acids is 1. The second kappa shape index (κ2) is 4.97. The van der Waals surface area contributed by atoms with Crippen molar-refractivity contribution < 1.29 is 4.79 Å². The van der Waals surface area contributed by atoms with E-state index in [2.05, 4.69) is 18.0 Å². The lowest BCUT2D eigenvalue weighted by molar-refractivity contribution is -0.117. The first-order valence-electron chi connectivity index (χ1n) is 4.60. The van der Waals surface area contributed by atoms with Crippen molar-refractivity contribution in [3.63, 3.8) is 0 Å². The first kappa shape index (κ1) is 11.0. The average molecular weight is 200 g/mol. The summed E-state index contributed by atoms with van der Waals surface area (Å²) in [6, 6.07) is 9.09. The minimum atomic E-state index is -0.218. The second-order valence-electron chi connectivity index (χ2n) is 3.17. The van der Waals surface area contributed by atoms with Gasteiger partial charge in [0.15, 0.2) is 0 Å². The Morgan fingerprint density at radius 2 is 2.40 bits per heavy atom. The van der Waals surface area contributed by atoms with E-state index in [1.807, 2.05) is 13.0 Å². The number of nitrogens with one attached hydrogen (secondary N) is 1. The quantitative estimate of drug-likeness (QED) is 0.758. The van der Waals surface area contributed by atoms with Crippen LogP contribution < -0.4 is 5.32 Å². The van der Waals surface area contributed by atoms with Crippen LogP contribution in [0.5, 0.6) is 0 Å². The largest absolute Gasteiger partial charge is 0.346 e. The zero-order valence-corrected chi connectivity index (χ0v) is 8.53. The molecule has 1 aromatic rings. The van der Waals surface area contributed by atoms with Crippen LogP contribution in [-0.2, 0) is 4.79 Å². The van der Waals surface area contributed by atoms with E-state index < -0.39 is 0 Å². The lowest BCUT2D eigenvalue weighted by atomic mass is 10.1. The van der Waals surface area contributed by atoms with E-state index in [-0.39, 0.29) is 11.9 Å². The molecule has 0 radical (unpaired) electrons. The summed E-state index contributed by atoms with van der Waals surface area (Å²) in [6.07, 6.45) is 1.23. The van der Waals surface area contributed by atoms with Crippen LogP contribution in [0.25, 0.3) is 0 Å². The van der Waals surface area contributed by atoms with Gasteiger partial charge in [-0.1, -0.05) is 18.7 Å². The van der Waals surface area contributed by atoms with Gasteiger partial charge in [-0.25, -0.2) is 0 Å². The third-order valence-electron chi connectivity index (χ3n) is 2.06. The van der Waals surface area contributed by atoms with E-state index in [0.29, 0.717) is 5.56 Å². The van der Waals surface area contributed by atoms with Gasteiger partial charge in [-0.2, -0.15) is 5.26 Å². The Balaban J connectivity index is 2.82. The predicted octanol–water partition coefficient (Wildman–Crippen LogP) is 1.92. The number of rotatable bonds is 3. The maximum Gasteiger partial charge on any atom is 0.243 e. The molecule has 0 saturated heterocycles. The fraction of sp³-hybridized carbons (Fsp3) is 0.167. The first-order valence-corrected chi connectivity index (χ1v) is 4.60. The van der Waals surface area contributed by atoms with Crippen molar-refractivity contribution in [2.75, 3.05) is 0 Å². The lowest BCUT2D eigenvalue weighted by Crippen LogP contribution is -2.24. The Kier molecular flexibility index (Phi) is 3.64. The normalized spacial score (nSPS) is 11.2. The van der Waals surface area contributed by atoms with Crippen LogP contribution in [-0.4, -0.2) is 5.91 Å². The molecule has 1 aromatic carbocycles. The molecule has 0 aliphatic heterocycles. The van der Waals surface area contributed by atoms with Crippen LogP contribution in [0.15, 0.2) is 36.9 Å². The minimum Gasteiger partial charge on any atom is -0.346 e. The fourth-order valence-corrected chi connectivity index (χ4v) is 1.23. The molecule has 0 heterocycles. The highest BCUT2D eigenvalue weighted by molar-refractivity contribution is 5.87. The molecule has 0 bridgehead atoms. The highest BCUT2D eigenvalue weighted by Gasteiger charge is 2.07. The number of hydrogen-bond donors (Lipinski definition) is 1. The molecule has 0 aliphatic rings. The molecule has 3 heteroatoms. The smallest absolute Gasteiger partial charge is 0.243 e. The van der Waals surface area contributed by atoms with Crippen LogP contribution in [0.4, 0.5) is 0 Å². The van der Waals surface area contributed by atoms with Gasteiger partial charge in [0.25, 0.3) is 0 Å². The van der Waals surface area contributed by atoms with Gasteiger partial charge in [0.1, 0.15) is 0 Å². The topological polar surface area (TPSA) is 52.9 Å². The number of nitriles is 1. The van der Waals surface area contributed by atoms with Crippen molar-refractivity contribution >= 4 is 5.91 Å². The molecule has 1 atom stereocenters. The fourth-order valence-electron chi connectivity index (χ4n) is 1.23.